The number of hydrogen-bond acceptors (Lipinski definition) is 3. The molecule has 0 fully saturated rings. The Morgan fingerprint density at radius 2 is 1.96 bits per heavy atom. The molecule has 28 heavy (non-hydrogen) atoms. The van der Waals surface area contributed by atoms with Gasteiger partial charge in [0.05, 0.1) is 11.4 Å². The summed E-state index contributed by atoms with van der Waals surface area (Å²) in [6, 6.07) is 10.8. The van der Waals surface area contributed by atoms with Gasteiger partial charge in [0.2, 0.25) is 10.0 Å². The fourth-order valence-corrected chi connectivity index (χ4v) is 5.28. The molecule has 152 valence electrons. The van der Waals surface area contributed by atoms with Crippen molar-refractivity contribution in [3.05, 3.63) is 58.9 Å². The monoisotopic (exact) mass is 405 g/mol. The molecule has 0 saturated heterocycles. The van der Waals surface area contributed by atoms with Crippen LogP contribution in [0.15, 0.2) is 36.4 Å². The Bertz CT molecular complexity index is 927. The van der Waals surface area contributed by atoms with Gasteiger partial charge in [-0.25, -0.2) is 12.8 Å². The van der Waals surface area contributed by atoms with Crippen LogP contribution in [0.5, 0.6) is 5.75 Å². The average molecular weight is 406 g/mol. The van der Waals surface area contributed by atoms with Gasteiger partial charge < -0.3 is 4.74 Å². The Morgan fingerprint density at radius 3 is 2.68 bits per heavy atom. The number of fused-ring (bicyclic) bond motifs is 1. The van der Waals surface area contributed by atoms with Crippen molar-refractivity contribution in [2.75, 3.05) is 16.6 Å². The third-order valence-electron chi connectivity index (χ3n) is 4.97. The van der Waals surface area contributed by atoms with E-state index in [1.165, 1.54) is 10.4 Å². The Balaban J connectivity index is 1.85. The molecule has 0 aromatic heterocycles. The lowest BCUT2D eigenvalue weighted by atomic mass is 10.0. The normalized spacial score (nSPS) is 14.0. The van der Waals surface area contributed by atoms with E-state index < -0.39 is 10.0 Å². The standard InChI is InChI=1S/C22H28FNO3S/c1-3-7-18-12-11-17(15-20(18)23)16-27-21-10-5-8-19-9-6-13-24(22(19)21)28(25,26)14-4-2/h5,8,10-12,15H,3-4,6-7,9,13-14,16H2,1-2H3. The Morgan fingerprint density at radius 1 is 1.14 bits per heavy atom. The summed E-state index contributed by atoms with van der Waals surface area (Å²) < 4.78 is 47.1. The Labute approximate surface area is 167 Å². The van der Waals surface area contributed by atoms with Gasteiger partial charge in [-0.1, -0.05) is 44.5 Å². The molecule has 0 spiro atoms. The molecule has 2 aromatic carbocycles. The minimum atomic E-state index is -3.38. The van der Waals surface area contributed by atoms with E-state index in [-0.39, 0.29) is 18.2 Å². The summed E-state index contributed by atoms with van der Waals surface area (Å²) in [5.41, 5.74) is 3.06. The lowest BCUT2D eigenvalue weighted by Gasteiger charge is -2.32. The van der Waals surface area contributed by atoms with E-state index in [2.05, 4.69) is 0 Å². The Hall–Kier alpha value is -2.08. The number of nitrogens with zero attached hydrogens (tertiary/aromatic N) is 1. The lowest BCUT2D eigenvalue weighted by Crippen LogP contribution is -2.37. The van der Waals surface area contributed by atoms with Gasteiger partial charge in [-0.3, -0.25) is 4.31 Å². The maximum atomic E-state index is 14.2. The summed E-state index contributed by atoms with van der Waals surface area (Å²) in [5.74, 6) is 0.435. The molecular weight excluding hydrogens is 377 g/mol. The second-order valence-corrected chi connectivity index (χ2v) is 9.23. The number of halogens is 1. The van der Waals surface area contributed by atoms with E-state index in [9.17, 15) is 12.8 Å². The topological polar surface area (TPSA) is 46.6 Å². The second-order valence-electron chi connectivity index (χ2n) is 7.22. The van der Waals surface area contributed by atoms with Crippen LogP contribution in [-0.2, 0) is 29.5 Å². The Kier molecular flexibility index (Phi) is 6.60. The first-order valence-corrected chi connectivity index (χ1v) is 11.6. The number of aryl methyl sites for hydroxylation is 2. The number of rotatable bonds is 8. The number of ether oxygens (including phenoxy) is 1. The van der Waals surface area contributed by atoms with E-state index >= 15 is 0 Å². The van der Waals surface area contributed by atoms with Crippen LogP contribution in [0.3, 0.4) is 0 Å². The molecule has 4 nitrogen and oxygen atoms in total. The van der Waals surface area contributed by atoms with Crippen LogP contribution in [0.2, 0.25) is 0 Å². The fraction of sp³-hybridized carbons (Fsp3) is 0.455. The molecule has 0 unspecified atom stereocenters. The molecule has 0 bridgehead atoms. The first-order chi connectivity index (χ1) is 13.5. The zero-order valence-corrected chi connectivity index (χ0v) is 17.4. The van der Waals surface area contributed by atoms with Crippen LogP contribution >= 0.6 is 0 Å². The third kappa shape index (κ3) is 4.49. The minimum absolute atomic E-state index is 0.116. The van der Waals surface area contributed by atoms with Crippen LogP contribution in [0.25, 0.3) is 0 Å². The summed E-state index contributed by atoms with van der Waals surface area (Å²) in [5, 5.41) is 0. The molecular formula is C22H28FNO3S. The molecule has 0 saturated carbocycles. The molecule has 0 aliphatic carbocycles. The van der Waals surface area contributed by atoms with Gasteiger partial charge in [0.25, 0.3) is 0 Å². The molecule has 6 heteroatoms. The lowest BCUT2D eigenvalue weighted by molar-refractivity contribution is 0.305. The highest BCUT2D eigenvalue weighted by Gasteiger charge is 2.29. The molecule has 1 aliphatic heterocycles. The largest absolute Gasteiger partial charge is 0.487 e. The van der Waals surface area contributed by atoms with Crippen molar-refractivity contribution in [3.63, 3.8) is 0 Å². The zero-order chi connectivity index (χ0) is 20.1. The molecule has 2 aromatic rings. The van der Waals surface area contributed by atoms with E-state index in [1.807, 2.05) is 32.0 Å². The fourth-order valence-electron chi connectivity index (χ4n) is 3.65. The number of para-hydroxylation sites is 1. The number of benzene rings is 2. The maximum absolute atomic E-state index is 14.2. The highest BCUT2D eigenvalue weighted by Crippen LogP contribution is 2.38. The summed E-state index contributed by atoms with van der Waals surface area (Å²) >= 11 is 0. The van der Waals surface area contributed by atoms with Crippen molar-refractivity contribution in [1.29, 1.82) is 0 Å². The van der Waals surface area contributed by atoms with Gasteiger partial charge in [-0.15, -0.1) is 0 Å². The molecule has 0 atom stereocenters. The highest BCUT2D eigenvalue weighted by molar-refractivity contribution is 7.92. The van der Waals surface area contributed by atoms with Crippen LogP contribution in [0.4, 0.5) is 10.1 Å². The summed E-state index contributed by atoms with van der Waals surface area (Å²) in [7, 11) is -3.38. The van der Waals surface area contributed by atoms with Gasteiger partial charge in [-0.05, 0) is 54.5 Å². The SMILES string of the molecule is CCCc1ccc(COc2cccc3c2N(S(=O)(=O)CCC)CCC3)cc1F. The molecule has 0 N–H and O–H groups in total. The van der Waals surface area contributed by atoms with Crippen molar-refractivity contribution in [3.8, 4) is 5.75 Å². The van der Waals surface area contributed by atoms with Crippen LogP contribution in [0, 0.1) is 5.82 Å². The average Bonchev–Trinajstić information content (AvgIpc) is 2.67. The third-order valence-corrected chi connectivity index (χ3v) is 6.93. The highest BCUT2D eigenvalue weighted by atomic mass is 32.2. The smallest absolute Gasteiger partial charge is 0.235 e. The zero-order valence-electron chi connectivity index (χ0n) is 16.6. The van der Waals surface area contributed by atoms with Crippen molar-refractivity contribution < 1.29 is 17.5 Å². The van der Waals surface area contributed by atoms with Crippen molar-refractivity contribution >= 4 is 15.7 Å². The van der Waals surface area contributed by atoms with Crippen molar-refractivity contribution in [1.82, 2.24) is 0 Å². The first kappa shape index (κ1) is 20.6. The van der Waals surface area contributed by atoms with Gasteiger partial charge in [0.15, 0.2) is 0 Å². The number of anilines is 1. The van der Waals surface area contributed by atoms with Gasteiger partial charge in [0.1, 0.15) is 18.2 Å². The first-order valence-electron chi connectivity index (χ1n) is 9.98. The van der Waals surface area contributed by atoms with Crippen molar-refractivity contribution in [2.45, 2.75) is 52.6 Å². The predicted molar refractivity (Wildman–Crippen MR) is 111 cm³/mol. The number of sulfonamides is 1. The van der Waals surface area contributed by atoms with Crippen molar-refractivity contribution in [2.24, 2.45) is 0 Å². The van der Waals surface area contributed by atoms with E-state index in [1.54, 1.807) is 12.1 Å². The predicted octanol–water partition coefficient (Wildman–Crippen LogP) is 4.85. The number of hydrogen-bond donors (Lipinski definition) is 0. The molecule has 3 rings (SSSR count). The van der Waals surface area contributed by atoms with Gasteiger partial charge >= 0.3 is 0 Å². The van der Waals surface area contributed by atoms with Crippen LogP contribution in [-0.4, -0.2) is 20.7 Å². The molecule has 0 radical (unpaired) electrons. The molecule has 1 aliphatic rings. The van der Waals surface area contributed by atoms with E-state index in [0.717, 1.165) is 30.4 Å². The van der Waals surface area contributed by atoms with Gasteiger partial charge in [-0.2, -0.15) is 0 Å². The van der Waals surface area contributed by atoms with Crippen LogP contribution < -0.4 is 9.04 Å². The van der Waals surface area contributed by atoms with E-state index in [4.69, 9.17) is 4.74 Å². The second kappa shape index (κ2) is 8.95. The van der Waals surface area contributed by atoms with Crippen LogP contribution in [0.1, 0.15) is 49.8 Å². The summed E-state index contributed by atoms with van der Waals surface area (Å²) in [6.07, 6.45) is 3.80. The molecule has 1 heterocycles. The maximum Gasteiger partial charge on any atom is 0.235 e. The minimum Gasteiger partial charge on any atom is -0.487 e. The summed E-state index contributed by atoms with van der Waals surface area (Å²) in [6.45, 7) is 4.55. The quantitative estimate of drug-likeness (QED) is 0.631. The van der Waals surface area contributed by atoms with Gasteiger partial charge in [0, 0.05) is 6.54 Å². The molecule has 0 amide bonds. The van der Waals surface area contributed by atoms with E-state index in [0.29, 0.717) is 36.4 Å². The summed E-state index contributed by atoms with van der Waals surface area (Å²) in [4.78, 5) is 0.